The van der Waals surface area contributed by atoms with Gasteiger partial charge in [0.1, 0.15) is 11.6 Å². The van der Waals surface area contributed by atoms with Crippen LogP contribution in [0.3, 0.4) is 0 Å². The minimum absolute atomic E-state index is 0.0531. The fourth-order valence-electron chi connectivity index (χ4n) is 3.49. The molecule has 2 aromatic carbocycles. The predicted octanol–water partition coefficient (Wildman–Crippen LogP) is 3.21. The number of H-pyrrole nitrogens is 1. The van der Waals surface area contributed by atoms with Crippen molar-refractivity contribution in [2.75, 3.05) is 5.32 Å². The van der Waals surface area contributed by atoms with Crippen molar-refractivity contribution in [3.8, 4) is 11.3 Å². The molecule has 8 nitrogen and oxygen atoms in total. The summed E-state index contributed by atoms with van der Waals surface area (Å²) in [5, 5.41) is 2.79. The van der Waals surface area contributed by atoms with Gasteiger partial charge in [0, 0.05) is 28.9 Å². The van der Waals surface area contributed by atoms with Gasteiger partial charge in [-0.05, 0) is 36.8 Å². The molecule has 0 aliphatic rings. The maximum atomic E-state index is 12.6. The molecule has 2 aromatic heterocycles. The number of primary amides is 1. The topological polar surface area (TPSA) is 131 Å². The first-order valence-electron chi connectivity index (χ1n) is 10.3. The zero-order valence-electron chi connectivity index (χ0n) is 17.9. The molecular weight excluding hydrogens is 420 g/mol. The zero-order chi connectivity index (χ0) is 23.4. The number of carbonyl (C=O) groups excluding carboxylic acids is 2. The second-order valence-electron chi connectivity index (χ2n) is 7.57. The summed E-state index contributed by atoms with van der Waals surface area (Å²) in [7, 11) is 0. The van der Waals surface area contributed by atoms with E-state index in [-0.39, 0.29) is 23.6 Å². The molecule has 4 rings (SSSR count). The molecule has 0 saturated heterocycles. The van der Waals surface area contributed by atoms with Crippen LogP contribution in [0.25, 0.3) is 11.3 Å². The number of hydrogen-bond donors (Lipinski definition) is 3. The van der Waals surface area contributed by atoms with E-state index in [0.29, 0.717) is 40.5 Å². The molecular formula is C25H22N4O4. The van der Waals surface area contributed by atoms with Gasteiger partial charge in [-0.3, -0.25) is 14.4 Å². The Labute approximate surface area is 189 Å². The molecule has 0 spiro atoms. The molecule has 0 saturated carbocycles. The first-order valence-corrected chi connectivity index (χ1v) is 10.3. The molecule has 0 atom stereocenters. The number of furan rings is 1. The maximum absolute atomic E-state index is 12.6. The van der Waals surface area contributed by atoms with Gasteiger partial charge in [-0.2, -0.15) is 0 Å². The average molecular weight is 442 g/mol. The Balaban J connectivity index is 1.46. The first-order chi connectivity index (χ1) is 15.9. The molecule has 0 unspecified atom stereocenters. The molecule has 166 valence electrons. The van der Waals surface area contributed by atoms with E-state index in [4.69, 9.17) is 10.2 Å². The monoisotopic (exact) mass is 442 g/mol. The maximum Gasteiger partial charge on any atom is 0.284 e. The van der Waals surface area contributed by atoms with E-state index in [2.05, 4.69) is 15.3 Å². The Bertz CT molecular complexity index is 1370. The fraction of sp³-hybridized carbons (Fsp3) is 0.120. The number of carbonyl (C=O) groups is 2. The summed E-state index contributed by atoms with van der Waals surface area (Å²) in [5.41, 5.74) is 7.96. The van der Waals surface area contributed by atoms with Crippen molar-refractivity contribution in [3.05, 3.63) is 105 Å². The number of anilines is 1. The highest BCUT2D eigenvalue weighted by molar-refractivity contribution is 5.93. The molecule has 4 aromatic rings. The highest BCUT2D eigenvalue weighted by Crippen LogP contribution is 2.25. The largest absolute Gasteiger partial charge is 0.451 e. The lowest BCUT2D eigenvalue weighted by atomic mass is 10.1. The number of benzene rings is 2. The summed E-state index contributed by atoms with van der Waals surface area (Å²) < 4.78 is 5.43. The number of amides is 2. The van der Waals surface area contributed by atoms with Crippen molar-refractivity contribution >= 4 is 17.5 Å². The van der Waals surface area contributed by atoms with Gasteiger partial charge in [-0.1, -0.05) is 42.5 Å². The van der Waals surface area contributed by atoms with Gasteiger partial charge < -0.3 is 20.5 Å². The Morgan fingerprint density at radius 3 is 2.55 bits per heavy atom. The van der Waals surface area contributed by atoms with Crippen LogP contribution < -0.4 is 16.6 Å². The number of nitrogens with two attached hydrogens (primary N) is 1. The van der Waals surface area contributed by atoms with E-state index in [0.717, 1.165) is 5.56 Å². The first kappa shape index (κ1) is 21.8. The standard InChI is InChI=1S/C25H22N4O4/c1-15-19(25(32)29-22(27-15)12-16-6-3-2-4-7-16)14-23(30)28-18-9-5-8-17(13-18)20-10-11-21(33-20)24(26)31/h2-11,13H,12,14H2,1H3,(H2,26,31)(H,28,30)(H,27,29,32). The Hall–Kier alpha value is -4.46. The van der Waals surface area contributed by atoms with Gasteiger partial charge in [0.05, 0.1) is 6.42 Å². The van der Waals surface area contributed by atoms with Crippen LogP contribution in [0.4, 0.5) is 5.69 Å². The molecule has 4 N–H and O–H groups in total. The van der Waals surface area contributed by atoms with Crippen molar-refractivity contribution in [2.45, 2.75) is 19.8 Å². The van der Waals surface area contributed by atoms with Gasteiger partial charge in [0.15, 0.2) is 5.76 Å². The van der Waals surface area contributed by atoms with E-state index in [1.54, 1.807) is 37.3 Å². The molecule has 0 aliphatic carbocycles. The summed E-state index contributed by atoms with van der Waals surface area (Å²) in [4.78, 5) is 43.7. The highest BCUT2D eigenvalue weighted by Gasteiger charge is 2.14. The molecule has 0 aliphatic heterocycles. The molecule has 0 radical (unpaired) electrons. The van der Waals surface area contributed by atoms with Crippen LogP contribution in [0.5, 0.6) is 0 Å². The van der Waals surface area contributed by atoms with Gasteiger partial charge in [-0.15, -0.1) is 0 Å². The van der Waals surface area contributed by atoms with Crippen LogP contribution in [0.1, 0.15) is 33.2 Å². The lowest BCUT2D eigenvalue weighted by Gasteiger charge is -2.09. The van der Waals surface area contributed by atoms with E-state index in [1.807, 2.05) is 30.3 Å². The SMILES string of the molecule is Cc1nc(Cc2ccccc2)[nH]c(=O)c1CC(=O)Nc1cccc(-c2ccc(C(N)=O)o2)c1. The van der Waals surface area contributed by atoms with Crippen molar-refractivity contribution in [1.29, 1.82) is 0 Å². The zero-order valence-corrected chi connectivity index (χ0v) is 17.9. The lowest BCUT2D eigenvalue weighted by Crippen LogP contribution is -2.24. The van der Waals surface area contributed by atoms with Crippen LogP contribution in [0.15, 0.2) is 75.9 Å². The van der Waals surface area contributed by atoms with Crippen LogP contribution in [-0.2, 0) is 17.6 Å². The molecule has 33 heavy (non-hydrogen) atoms. The molecule has 2 amide bonds. The number of nitrogens with zero attached hydrogens (tertiary/aromatic N) is 1. The van der Waals surface area contributed by atoms with Gasteiger partial charge in [0.2, 0.25) is 5.91 Å². The molecule has 0 bridgehead atoms. The smallest absolute Gasteiger partial charge is 0.284 e. The van der Waals surface area contributed by atoms with Crippen LogP contribution >= 0.6 is 0 Å². The minimum atomic E-state index is -0.658. The third-order valence-electron chi connectivity index (χ3n) is 5.10. The molecule has 0 fully saturated rings. The summed E-state index contributed by atoms with van der Waals surface area (Å²) in [6.45, 7) is 1.72. The Kier molecular flexibility index (Phi) is 6.17. The third kappa shape index (κ3) is 5.24. The number of rotatable bonds is 7. The van der Waals surface area contributed by atoms with Crippen molar-refractivity contribution < 1.29 is 14.0 Å². The van der Waals surface area contributed by atoms with Crippen molar-refractivity contribution in [2.24, 2.45) is 5.73 Å². The second-order valence-corrected chi connectivity index (χ2v) is 7.57. The van der Waals surface area contributed by atoms with E-state index >= 15 is 0 Å². The van der Waals surface area contributed by atoms with Crippen LogP contribution in [0, 0.1) is 6.92 Å². The quantitative estimate of drug-likeness (QED) is 0.404. The summed E-state index contributed by atoms with van der Waals surface area (Å²) in [6.07, 6.45) is 0.386. The van der Waals surface area contributed by atoms with Crippen molar-refractivity contribution in [3.63, 3.8) is 0 Å². The van der Waals surface area contributed by atoms with Gasteiger partial charge in [0.25, 0.3) is 11.5 Å². The summed E-state index contributed by atoms with van der Waals surface area (Å²) in [6, 6.07) is 19.8. The summed E-state index contributed by atoms with van der Waals surface area (Å²) >= 11 is 0. The van der Waals surface area contributed by atoms with E-state index in [1.165, 1.54) is 6.07 Å². The van der Waals surface area contributed by atoms with Crippen LogP contribution in [-0.4, -0.2) is 21.8 Å². The second kappa shape index (κ2) is 9.35. The Morgan fingerprint density at radius 1 is 1.06 bits per heavy atom. The highest BCUT2D eigenvalue weighted by atomic mass is 16.3. The number of aromatic amines is 1. The lowest BCUT2D eigenvalue weighted by molar-refractivity contribution is -0.115. The molecule has 8 heteroatoms. The van der Waals surface area contributed by atoms with Gasteiger partial charge in [-0.25, -0.2) is 4.98 Å². The normalized spacial score (nSPS) is 10.7. The third-order valence-corrected chi connectivity index (χ3v) is 5.10. The number of aryl methyl sites for hydroxylation is 1. The van der Waals surface area contributed by atoms with E-state index < -0.39 is 5.91 Å². The predicted molar refractivity (Wildman–Crippen MR) is 124 cm³/mol. The van der Waals surface area contributed by atoms with E-state index in [9.17, 15) is 14.4 Å². The summed E-state index contributed by atoms with van der Waals surface area (Å²) in [5.74, 6) is 0.0439. The van der Waals surface area contributed by atoms with Crippen LogP contribution in [0.2, 0.25) is 0 Å². The number of hydrogen-bond acceptors (Lipinski definition) is 5. The van der Waals surface area contributed by atoms with Gasteiger partial charge >= 0.3 is 0 Å². The number of aromatic nitrogens is 2. The average Bonchev–Trinajstić information content (AvgIpc) is 3.28. The number of nitrogens with one attached hydrogen (secondary N) is 2. The minimum Gasteiger partial charge on any atom is -0.451 e. The Morgan fingerprint density at radius 2 is 1.85 bits per heavy atom. The molecule has 2 heterocycles. The van der Waals surface area contributed by atoms with Crippen molar-refractivity contribution in [1.82, 2.24) is 9.97 Å². The fourth-order valence-corrected chi connectivity index (χ4v) is 3.49.